The number of carbonyl (C=O) groups is 1. The monoisotopic (exact) mass is 318 g/mol. The fourth-order valence-electron chi connectivity index (χ4n) is 3.04. The first kappa shape index (κ1) is 17.1. The lowest BCUT2D eigenvalue weighted by atomic mass is 9.88. The number of benzene rings is 2. The number of carboxylic acid groups (broad SMARTS) is 1. The van der Waals surface area contributed by atoms with E-state index in [1.165, 1.54) is 12.1 Å². The minimum absolute atomic E-state index is 0.138. The van der Waals surface area contributed by atoms with E-state index in [1.807, 2.05) is 13.8 Å². The molecule has 0 aliphatic carbocycles. The van der Waals surface area contributed by atoms with Gasteiger partial charge in [-0.2, -0.15) is 0 Å². The highest BCUT2D eigenvalue weighted by Gasteiger charge is 2.19. The summed E-state index contributed by atoms with van der Waals surface area (Å²) < 4.78 is 27.9. The van der Waals surface area contributed by atoms with Gasteiger partial charge in [-0.15, -0.1) is 0 Å². The van der Waals surface area contributed by atoms with E-state index in [2.05, 4.69) is 0 Å². The lowest BCUT2D eigenvalue weighted by molar-refractivity contribution is -0.137. The summed E-state index contributed by atoms with van der Waals surface area (Å²) >= 11 is 0. The Morgan fingerprint density at radius 3 is 2.13 bits per heavy atom. The summed E-state index contributed by atoms with van der Waals surface area (Å²) in [6, 6.07) is 6.30. The summed E-state index contributed by atoms with van der Waals surface area (Å²) in [4.78, 5) is 10.9. The molecule has 2 aromatic carbocycles. The van der Waals surface area contributed by atoms with Gasteiger partial charge < -0.3 is 5.11 Å². The molecular formula is C19H20F2O2. The van der Waals surface area contributed by atoms with Gasteiger partial charge in [0.2, 0.25) is 0 Å². The van der Waals surface area contributed by atoms with Crippen LogP contribution >= 0.6 is 0 Å². The summed E-state index contributed by atoms with van der Waals surface area (Å²) in [7, 11) is 0. The van der Waals surface area contributed by atoms with Crippen molar-refractivity contribution in [3.05, 3.63) is 58.2 Å². The maximum Gasteiger partial charge on any atom is 0.303 e. The van der Waals surface area contributed by atoms with Crippen molar-refractivity contribution in [3.8, 4) is 11.1 Å². The molecule has 2 aromatic rings. The second kappa shape index (κ2) is 6.49. The van der Waals surface area contributed by atoms with Gasteiger partial charge in [0.15, 0.2) is 0 Å². The van der Waals surface area contributed by atoms with Gasteiger partial charge >= 0.3 is 5.97 Å². The zero-order valence-corrected chi connectivity index (χ0v) is 13.7. The topological polar surface area (TPSA) is 37.3 Å². The molecule has 0 heterocycles. The number of aryl methyl sites for hydroxylation is 3. The fourth-order valence-corrected chi connectivity index (χ4v) is 3.04. The van der Waals surface area contributed by atoms with Crippen LogP contribution in [0.25, 0.3) is 11.1 Å². The molecule has 0 amide bonds. The highest BCUT2D eigenvalue weighted by molar-refractivity contribution is 5.73. The van der Waals surface area contributed by atoms with Gasteiger partial charge in [-0.25, -0.2) is 8.78 Å². The summed E-state index contributed by atoms with van der Waals surface area (Å²) in [5.41, 5.74) is 4.02. The van der Waals surface area contributed by atoms with E-state index in [4.69, 9.17) is 5.11 Å². The van der Waals surface area contributed by atoms with Crippen LogP contribution in [0.15, 0.2) is 24.3 Å². The lowest BCUT2D eigenvalue weighted by Gasteiger charge is -2.17. The molecule has 23 heavy (non-hydrogen) atoms. The Bertz CT molecular complexity index is 743. The van der Waals surface area contributed by atoms with Gasteiger partial charge in [0.1, 0.15) is 11.6 Å². The molecule has 0 spiro atoms. The Labute approximate surface area is 134 Å². The van der Waals surface area contributed by atoms with E-state index in [9.17, 15) is 13.6 Å². The second-order valence-electron chi connectivity index (χ2n) is 6.11. The van der Waals surface area contributed by atoms with E-state index >= 15 is 0 Å². The molecular weight excluding hydrogens is 298 g/mol. The van der Waals surface area contributed by atoms with Crippen LogP contribution in [0.2, 0.25) is 0 Å². The van der Waals surface area contributed by atoms with Crippen molar-refractivity contribution in [2.45, 2.75) is 40.0 Å². The first-order valence-corrected chi connectivity index (χ1v) is 7.49. The molecule has 1 atom stereocenters. The third-order valence-electron chi connectivity index (χ3n) is 4.08. The molecule has 0 aliphatic heterocycles. The van der Waals surface area contributed by atoms with Crippen molar-refractivity contribution in [2.24, 2.45) is 0 Å². The van der Waals surface area contributed by atoms with Crippen LogP contribution in [0.1, 0.15) is 41.5 Å². The molecule has 1 N–H and O–H groups in total. The maximum atomic E-state index is 14.4. The molecule has 0 saturated carbocycles. The Balaban J connectivity index is 2.62. The average molecular weight is 318 g/mol. The molecule has 1 unspecified atom stereocenters. The summed E-state index contributed by atoms with van der Waals surface area (Å²) in [5, 5.41) is 8.95. The predicted octanol–water partition coefficient (Wildman–Crippen LogP) is 5.14. The van der Waals surface area contributed by atoms with E-state index in [-0.39, 0.29) is 18.1 Å². The Kier molecular flexibility index (Phi) is 4.83. The van der Waals surface area contributed by atoms with Crippen molar-refractivity contribution in [2.75, 3.05) is 0 Å². The number of carboxylic acids is 1. The Morgan fingerprint density at radius 1 is 1.04 bits per heavy atom. The summed E-state index contributed by atoms with van der Waals surface area (Å²) in [5.74, 6) is -2.08. The normalized spacial score (nSPS) is 12.3. The summed E-state index contributed by atoms with van der Waals surface area (Å²) in [6.07, 6.45) is -0.138. The first-order chi connectivity index (χ1) is 10.7. The fraction of sp³-hybridized carbons (Fsp3) is 0.316. The molecule has 2 rings (SSSR count). The van der Waals surface area contributed by atoms with Crippen LogP contribution in [0.4, 0.5) is 8.78 Å². The number of hydrogen-bond donors (Lipinski definition) is 1. The number of rotatable bonds is 4. The maximum absolute atomic E-state index is 14.4. The average Bonchev–Trinajstić information content (AvgIpc) is 2.40. The van der Waals surface area contributed by atoms with Crippen LogP contribution in [0.3, 0.4) is 0 Å². The molecule has 0 fully saturated rings. The smallest absolute Gasteiger partial charge is 0.303 e. The number of hydrogen-bond acceptors (Lipinski definition) is 1. The first-order valence-electron chi connectivity index (χ1n) is 7.49. The molecule has 4 heteroatoms. The SMILES string of the molecule is Cc1cc(-c2c(C)cc(F)cc2C)cc(C(C)CC(=O)O)c1F. The van der Waals surface area contributed by atoms with Gasteiger partial charge in [-0.1, -0.05) is 6.92 Å². The zero-order chi connectivity index (χ0) is 17.3. The zero-order valence-electron chi connectivity index (χ0n) is 13.7. The third-order valence-corrected chi connectivity index (χ3v) is 4.08. The van der Waals surface area contributed by atoms with E-state index < -0.39 is 11.9 Å². The quantitative estimate of drug-likeness (QED) is 0.848. The largest absolute Gasteiger partial charge is 0.481 e. The van der Waals surface area contributed by atoms with Gasteiger partial charge in [0.25, 0.3) is 0 Å². The minimum atomic E-state index is -0.964. The van der Waals surface area contributed by atoms with Crippen LogP contribution in [0.5, 0.6) is 0 Å². The van der Waals surface area contributed by atoms with Crippen LogP contribution in [-0.4, -0.2) is 11.1 Å². The van der Waals surface area contributed by atoms with Crippen molar-refractivity contribution >= 4 is 5.97 Å². The van der Waals surface area contributed by atoms with Gasteiger partial charge in [-0.05, 0) is 84.3 Å². The number of halogens is 2. The van der Waals surface area contributed by atoms with Crippen molar-refractivity contribution in [1.82, 2.24) is 0 Å². The second-order valence-corrected chi connectivity index (χ2v) is 6.11. The molecule has 0 aliphatic rings. The summed E-state index contributed by atoms with van der Waals surface area (Å²) in [6.45, 7) is 6.97. The van der Waals surface area contributed by atoms with E-state index in [1.54, 1.807) is 26.0 Å². The third kappa shape index (κ3) is 3.58. The Hall–Kier alpha value is -2.23. The minimum Gasteiger partial charge on any atom is -0.481 e. The van der Waals surface area contributed by atoms with E-state index in [0.717, 1.165) is 22.3 Å². The van der Waals surface area contributed by atoms with Crippen LogP contribution in [0, 0.1) is 32.4 Å². The van der Waals surface area contributed by atoms with Gasteiger partial charge in [-0.3, -0.25) is 4.79 Å². The van der Waals surface area contributed by atoms with Crippen molar-refractivity contribution in [1.29, 1.82) is 0 Å². The molecule has 122 valence electrons. The molecule has 2 nitrogen and oxygen atoms in total. The molecule has 0 aromatic heterocycles. The highest BCUT2D eigenvalue weighted by atomic mass is 19.1. The number of aliphatic carboxylic acids is 1. The van der Waals surface area contributed by atoms with E-state index in [0.29, 0.717) is 11.1 Å². The lowest BCUT2D eigenvalue weighted by Crippen LogP contribution is -2.06. The van der Waals surface area contributed by atoms with Gasteiger partial charge in [0.05, 0.1) is 6.42 Å². The van der Waals surface area contributed by atoms with Gasteiger partial charge in [0, 0.05) is 0 Å². The highest BCUT2D eigenvalue weighted by Crippen LogP contribution is 2.34. The predicted molar refractivity (Wildman–Crippen MR) is 86.7 cm³/mol. The Morgan fingerprint density at radius 2 is 1.61 bits per heavy atom. The van der Waals surface area contributed by atoms with Crippen molar-refractivity contribution < 1.29 is 18.7 Å². The standard InChI is InChI=1S/C19H20F2O2/c1-10(8-17(22)23)16-9-14(5-13(4)19(16)21)18-11(2)6-15(20)7-12(18)3/h5-7,9-10H,8H2,1-4H3,(H,22,23). The molecule has 0 saturated heterocycles. The molecule has 0 radical (unpaired) electrons. The molecule has 0 bridgehead atoms. The van der Waals surface area contributed by atoms with Crippen LogP contribution < -0.4 is 0 Å². The van der Waals surface area contributed by atoms with Crippen LogP contribution in [-0.2, 0) is 4.79 Å². The van der Waals surface area contributed by atoms with Crippen molar-refractivity contribution in [3.63, 3.8) is 0 Å².